The fourth-order valence-electron chi connectivity index (χ4n) is 2.05. The molecule has 0 aliphatic heterocycles. The third-order valence-electron chi connectivity index (χ3n) is 3.01. The number of nitro groups is 1. The van der Waals surface area contributed by atoms with Crippen molar-refractivity contribution in [3.05, 3.63) is 58.3 Å². The van der Waals surface area contributed by atoms with Crippen LogP contribution in [0.15, 0.2) is 42.6 Å². The number of nitro benzene ring substituents is 1. The van der Waals surface area contributed by atoms with Crippen molar-refractivity contribution >= 4 is 11.4 Å². The van der Waals surface area contributed by atoms with E-state index in [0.29, 0.717) is 18.1 Å². The first-order valence-electron chi connectivity index (χ1n) is 6.70. The molecular formula is C15H17N3O3. The SMILES string of the molecule is CCOc1ccc(NC(C)c2ccccc2[N+](=O)[O-])cn1. The Bertz CT molecular complexity index is 614. The summed E-state index contributed by atoms with van der Waals surface area (Å²) in [5, 5.41) is 14.2. The number of hydrogen-bond donors (Lipinski definition) is 1. The molecule has 0 fully saturated rings. The van der Waals surface area contributed by atoms with Gasteiger partial charge in [0.05, 0.1) is 35.0 Å². The fraction of sp³-hybridized carbons (Fsp3) is 0.267. The van der Waals surface area contributed by atoms with Crippen LogP contribution in [0, 0.1) is 10.1 Å². The van der Waals surface area contributed by atoms with Crippen molar-refractivity contribution in [2.24, 2.45) is 0 Å². The lowest BCUT2D eigenvalue weighted by Gasteiger charge is -2.15. The van der Waals surface area contributed by atoms with E-state index in [-0.39, 0.29) is 16.7 Å². The van der Waals surface area contributed by atoms with E-state index in [9.17, 15) is 10.1 Å². The third-order valence-corrected chi connectivity index (χ3v) is 3.01. The fourth-order valence-corrected chi connectivity index (χ4v) is 2.05. The van der Waals surface area contributed by atoms with Crippen LogP contribution < -0.4 is 10.1 Å². The van der Waals surface area contributed by atoms with Crippen molar-refractivity contribution in [1.29, 1.82) is 0 Å². The Labute approximate surface area is 122 Å². The summed E-state index contributed by atoms with van der Waals surface area (Å²) in [7, 11) is 0. The number of ether oxygens (including phenoxy) is 1. The molecule has 0 aliphatic rings. The van der Waals surface area contributed by atoms with Gasteiger partial charge in [-0.25, -0.2) is 4.98 Å². The van der Waals surface area contributed by atoms with Crippen LogP contribution in [0.1, 0.15) is 25.5 Å². The van der Waals surface area contributed by atoms with E-state index < -0.39 is 0 Å². The van der Waals surface area contributed by atoms with Gasteiger partial charge in [0.15, 0.2) is 0 Å². The summed E-state index contributed by atoms with van der Waals surface area (Å²) in [5.74, 6) is 0.557. The van der Waals surface area contributed by atoms with E-state index in [2.05, 4.69) is 10.3 Å². The molecule has 0 amide bonds. The first kappa shape index (κ1) is 14.8. The number of para-hydroxylation sites is 1. The van der Waals surface area contributed by atoms with Crippen molar-refractivity contribution < 1.29 is 9.66 Å². The van der Waals surface area contributed by atoms with Crippen LogP contribution in [0.25, 0.3) is 0 Å². The van der Waals surface area contributed by atoms with Gasteiger partial charge in [0.1, 0.15) is 0 Å². The highest BCUT2D eigenvalue weighted by atomic mass is 16.6. The summed E-state index contributed by atoms with van der Waals surface area (Å²) >= 11 is 0. The molecule has 1 N–H and O–H groups in total. The monoisotopic (exact) mass is 287 g/mol. The van der Waals surface area contributed by atoms with Crippen molar-refractivity contribution in [1.82, 2.24) is 4.98 Å². The van der Waals surface area contributed by atoms with Gasteiger partial charge in [0, 0.05) is 12.1 Å². The molecule has 1 aromatic heterocycles. The molecule has 2 aromatic rings. The average molecular weight is 287 g/mol. The Balaban J connectivity index is 2.14. The molecule has 1 heterocycles. The molecule has 1 aromatic carbocycles. The van der Waals surface area contributed by atoms with Gasteiger partial charge < -0.3 is 10.1 Å². The summed E-state index contributed by atoms with van der Waals surface area (Å²) in [6.07, 6.45) is 1.65. The Kier molecular flexibility index (Phi) is 4.71. The highest BCUT2D eigenvalue weighted by Crippen LogP contribution is 2.27. The molecule has 0 saturated carbocycles. The number of rotatable bonds is 6. The Morgan fingerprint density at radius 2 is 2.10 bits per heavy atom. The maximum Gasteiger partial charge on any atom is 0.274 e. The largest absolute Gasteiger partial charge is 0.478 e. The number of hydrogen-bond acceptors (Lipinski definition) is 5. The molecule has 21 heavy (non-hydrogen) atoms. The summed E-state index contributed by atoms with van der Waals surface area (Å²) in [6, 6.07) is 10.1. The van der Waals surface area contributed by atoms with E-state index >= 15 is 0 Å². The van der Waals surface area contributed by atoms with Gasteiger partial charge >= 0.3 is 0 Å². The molecule has 0 aliphatic carbocycles. The molecule has 110 valence electrons. The number of aromatic nitrogens is 1. The Morgan fingerprint density at radius 3 is 2.71 bits per heavy atom. The van der Waals surface area contributed by atoms with Gasteiger partial charge in [-0.05, 0) is 19.9 Å². The van der Waals surface area contributed by atoms with E-state index in [4.69, 9.17) is 4.74 Å². The van der Waals surface area contributed by atoms with Crippen LogP contribution in [0.2, 0.25) is 0 Å². The summed E-state index contributed by atoms with van der Waals surface area (Å²) < 4.78 is 5.27. The summed E-state index contributed by atoms with van der Waals surface area (Å²) in [6.45, 7) is 4.33. The van der Waals surface area contributed by atoms with Crippen molar-refractivity contribution in [2.75, 3.05) is 11.9 Å². The normalized spacial score (nSPS) is 11.7. The molecule has 6 nitrogen and oxygen atoms in total. The Hall–Kier alpha value is -2.63. The van der Waals surface area contributed by atoms with Gasteiger partial charge in [-0.2, -0.15) is 0 Å². The van der Waals surface area contributed by atoms with Crippen LogP contribution in [0.3, 0.4) is 0 Å². The molecular weight excluding hydrogens is 270 g/mol. The van der Waals surface area contributed by atoms with Gasteiger partial charge in [0.2, 0.25) is 5.88 Å². The maximum atomic E-state index is 11.0. The van der Waals surface area contributed by atoms with Crippen LogP contribution in [0.5, 0.6) is 5.88 Å². The van der Waals surface area contributed by atoms with Crippen molar-refractivity contribution in [3.8, 4) is 5.88 Å². The van der Waals surface area contributed by atoms with E-state index in [1.54, 1.807) is 30.5 Å². The van der Waals surface area contributed by atoms with Crippen molar-refractivity contribution in [2.45, 2.75) is 19.9 Å². The maximum absolute atomic E-state index is 11.0. The van der Waals surface area contributed by atoms with Crippen LogP contribution >= 0.6 is 0 Å². The number of anilines is 1. The molecule has 1 unspecified atom stereocenters. The summed E-state index contributed by atoms with van der Waals surface area (Å²) in [4.78, 5) is 14.8. The molecule has 0 spiro atoms. The van der Waals surface area contributed by atoms with E-state index in [1.165, 1.54) is 6.07 Å². The highest BCUT2D eigenvalue weighted by Gasteiger charge is 2.17. The molecule has 0 radical (unpaired) electrons. The number of benzene rings is 1. The van der Waals surface area contributed by atoms with Crippen LogP contribution in [-0.2, 0) is 0 Å². The van der Waals surface area contributed by atoms with Gasteiger partial charge in [-0.1, -0.05) is 18.2 Å². The Morgan fingerprint density at radius 1 is 1.33 bits per heavy atom. The van der Waals surface area contributed by atoms with Crippen LogP contribution in [-0.4, -0.2) is 16.5 Å². The summed E-state index contributed by atoms with van der Waals surface area (Å²) in [5.41, 5.74) is 1.52. The number of nitrogens with one attached hydrogen (secondary N) is 1. The second-order valence-electron chi connectivity index (χ2n) is 4.50. The van der Waals surface area contributed by atoms with E-state index in [0.717, 1.165) is 5.69 Å². The predicted octanol–water partition coefficient (Wildman–Crippen LogP) is 3.56. The first-order chi connectivity index (χ1) is 10.1. The molecule has 6 heteroatoms. The highest BCUT2D eigenvalue weighted by molar-refractivity contribution is 5.49. The smallest absolute Gasteiger partial charge is 0.274 e. The third kappa shape index (κ3) is 3.68. The average Bonchev–Trinajstić information content (AvgIpc) is 2.49. The first-order valence-corrected chi connectivity index (χ1v) is 6.70. The minimum absolute atomic E-state index is 0.108. The zero-order valence-corrected chi connectivity index (χ0v) is 11.9. The lowest BCUT2D eigenvalue weighted by Crippen LogP contribution is -2.09. The quantitative estimate of drug-likeness (QED) is 0.649. The molecule has 0 saturated heterocycles. The van der Waals surface area contributed by atoms with E-state index in [1.807, 2.05) is 19.9 Å². The standard InChI is InChI=1S/C15H17N3O3/c1-3-21-15-9-8-12(10-16-15)17-11(2)13-6-4-5-7-14(13)18(19)20/h4-11,17H,3H2,1-2H3. The van der Waals surface area contributed by atoms with Gasteiger partial charge in [-0.3, -0.25) is 10.1 Å². The zero-order chi connectivity index (χ0) is 15.2. The lowest BCUT2D eigenvalue weighted by molar-refractivity contribution is -0.385. The number of pyridine rings is 1. The lowest BCUT2D eigenvalue weighted by atomic mass is 10.1. The van der Waals surface area contributed by atoms with Gasteiger partial charge in [0.25, 0.3) is 5.69 Å². The topological polar surface area (TPSA) is 77.3 Å². The minimum Gasteiger partial charge on any atom is -0.478 e. The second-order valence-corrected chi connectivity index (χ2v) is 4.50. The predicted molar refractivity (Wildman–Crippen MR) is 80.5 cm³/mol. The van der Waals surface area contributed by atoms with Crippen molar-refractivity contribution in [3.63, 3.8) is 0 Å². The van der Waals surface area contributed by atoms with Gasteiger partial charge in [-0.15, -0.1) is 0 Å². The molecule has 1 atom stereocenters. The molecule has 0 bridgehead atoms. The molecule has 2 rings (SSSR count). The zero-order valence-electron chi connectivity index (χ0n) is 11.9. The number of nitrogens with zero attached hydrogens (tertiary/aromatic N) is 2. The second kappa shape index (κ2) is 6.69. The van der Waals surface area contributed by atoms with Crippen LogP contribution in [0.4, 0.5) is 11.4 Å². The minimum atomic E-state index is -0.371.